The van der Waals surface area contributed by atoms with Gasteiger partial charge in [0.25, 0.3) is 0 Å². The number of nitrogens with one attached hydrogen (secondary N) is 2. The van der Waals surface area contributed by atoms with Crippen LogP contribution in [0, 0.1) is 0 Å². The number of primary amides is 1. The third-order valence-electron chi connectivity index (χ3n) is 6.20. The van der Waals surface area contributed by atoms with Gasteiger partial charge in [0.1, 0.15) is 30.4 Å². The summed E-state index contributed by atoms with van der Waals surface area (Å²) in [4.78, 5) is 36.0. The van der Waals surface area contributed by atoms with Gasteiger partial charge >= 0.3 is 0 Å². The summed E-state index contributed by atoms with van der Waals surface area (Å²) in [5.41, 5.74) is 5.48. The first-order valence-electron chi connectivity index (χ1n) is 12.8. The lowest BCUT2D eigenvalue weighted by Crippen LogP contribution is -2.65. The van der Waals surface area contributed by atoms with Crippen LogP contribution in [0.2, 0.25) is 0 Å². The molecule has 2 unspecified atom stereocenters. The van der Waals surface area contributed by atoms with Gasteiger partial charge in [0.2, 0.25) is 17.7 Å². The van der Waals surface area contributed by atoms with Gasteiger partial charge < -0.3 is 41.2 Å². The zero-order valence-electron chi connectivity index (χ0n) is 21.3. The number of rotatable bonds is 17. The lowest BCUT2D eigenvalue weighted by Gasteiger charge is -2.43. The zero-order valence-corrected chi connectivity index (χ0v) is 21.3. The molecule has 0 aromatic heterocycles. The summed E-state index contributed by atoms with van der Waals surface area (Å²) in [5, 5.41) is 34.9. The Bertz CT molecular complexity index is 650. The number of nitrogens with two attached hydrogens (primary N) is 1. The predicted molar refractivity (Wildman–Crippen MR) is 129 cm³/mol. The Labute approximate surface area is 208 Å². The van der Waals surface area contributed by atoms with Crippen LogP contribution in [0.15, 0.2) is 0 Å². The number of hydrogen-bond donors (Lipinski definition) is 6. The standard InChI is InChI=1S/C24H45N3O8/c1-4-5-6-7-8-9-10-11-12-13-18(30)27-19(23(25)33)15(2)34-24-20(26-16(3)29)22(32)21(31)17(14-28)35-24/h15,17,19-22,24,28,31-32H,4-14H2,1-3H3,(H2,25,33)(H,26,29)(H,27,30)/t15?,17-,19?,20-,21+,22-,24+/m1/s1. The first kappa shape index (κ1) is 31.2. The van der Waals surface area contributed by atoms with Gasteiger partial charge in [-0.25, -0.2) is 0 Å². The maximum Gasteiger partial charge on any atom is 0.242 e. The number of hydrogen-bond acceptors (Lipinski definition) is 8. The molecule has 35 heavy (non-hydrogen) atoms. The van der Waals surface area contributed by atoms with Gasteiger partial charge in [-0.05, 0) is 13.3 Å². The van der Waals surface area contributed by atoms with Crippen LogP contribution >= 0.6 is 0 Å². The predicted octanol–water partition coefficient (Wildman–Crippen LogP) is 0.226. The van der Waals surface area contributed by atoms with E-state index in [1.54, 1.807) is 0 Å². The molecule has 1 aliphatic rings. The molecule has 1 aliphatic heterocycles. The summed E-state index contributed by atoms with van der Waals surface area (Å²) in [5.74, 6) is -1.66. The van der Waals surface area contributed by atoms with Gasteiger partial charge in [-0.15, -0.1) is 0 Å². The fraction of sp³-hybridized carbons (Fsp3) is 0.875. The molecule has 0 saturated carbocycles. The van der Waals surface area contributed by atoms with E-state index in [-0.39, 0.29) is 12.3 Å². The number of carbonyl (C=O) groups is 3. The average molecular weight is 504 g/mol. The Morgan fingerprint density at radius 3 is 2.09 bits per heavy atom. The van der Waals surface area contributed by atoms with Gasteiger partial charge in [0, 0.05) is 13.3 Å². The smallest absolute Gasteiger partial charge is 0.242 e. The summed E-state index contributed by atoms with van der Waals surface area (Å²) < 4.78 is 11.3. The monoisotopic (exact) mass is 503 g/mol. The second kappa shape index (κ2) is 16.8. The normalized spacial score (nSPS) is 26.1. The minimum absolute atomic E-state index is 0.248. The van der Waals surface area contributed by atoms with Crippen molar-refractivity contribution in [3.8, 4) is 0 Å². The van der Waals surface area contributed by atoms with Gasteiger partial charge in [-0.3, -0.25) is 14.4 Å². The summed E-state index contributed by atoms with van der Waals surface area (Å²) in [7, 11) is 0. The molecule has 1 fully saturated rings. The molecular formula is C24H45N3O8. The van der Waals surface area contributed by atoms with Crippen molar-refractivity contribution in [2.75, 3.05) is 6.61 Å². The third-order valence-corrected chi connectivity index (χ3v) is 6.20. The van der Waals surface area contributed by atoms with E-state index < -0.39 is 61.2 Å². The van der Waals surface area contributed by atoms with Crippen LogP contribution in [0.4, 0.5) is 0 Å². The highest BCUT2D eigenvalue weighted by Gasteiger charge is 2.46. The molecule has 1 heterocycles. The van der Waals surface area contributed by atoms with Crippen molar-refractivity contribution in [2.45, 2.75) is 128 Å². The van der Waals surface area contributed by atoms with Gasteiger partial charge in [0.15, 0.2) is 6.29 Å². The molecule has 7 atom stereocenters. The molecule has 0 aliphatic carbocycles. The highest BCUT2D eigenvalue weighted by atomic mass is 16.7. The topological polar surface area (TPSA) is 180 Å². The average Bonchev–Trinajstić information content (AvgIpc) is 2.80. The first-order chi connectivity index (χ1) is 16.6. The molecule has 0 radical (unpaired) electrons. The number of carbonyl (C=O) groups excluding carboxylic acids is 3. The largest absolute Gasteiger partial charge is 0.394 e. The number of unbranched alkanes of at least 4 members (excludes halogenated alkanes) is 8. The maximum absolute atomic E-state index is 12.4. The van der Waals surface area contributed by atoms with E-state index in [1.165, 1.54) is 46.0 Å². The molecule has 204 valence electrons. The third kappa shape index (κ3) is 11.2. The lowest BCUT2D eigenvalue weighted by atomic mass is 9.96. The summed E-state index contributed by atoms with van der Waals surface area (Å²) in [6.07, 6.45) is 3.88. The molecule has 11 heteroatoms. The molecule has 0 spiro atoms. The SMILES string of the molecule is CCCCCCCCCCCC(=O)NC(C(N)=O)C(C)O[C@H]1O[C@H](CO)[C@H](O)[C@H](O)[C@H]1NC(C)=O. The number of aliphatic hydroxyl groups is 3. The van der Waals surface area contributed by atoms with Crippen molar-refractivity contribution in [1.29, 1.82) is 0 Å². The van der Waals surface area contributed by atoms with Crippen molar-refractivity contribution in [1.82, 2.24) is 10.6 Å². The van der Waals surface area contributed by atoms with Crippen molar-refractivity contribution in [3.05, 3.63) is 0 Å². The van der Waals surface area contributed by atoms with E-state index in [4.69, 9.17) is 15.2 Å². The van der Waals surface area contributed by atoms with Crippen LogP contribution in [0.3, 0.4) is 0 Å². The second-order valence-electron chi connectivity index (χ2n) is 9.30. The van der Waals surface area contributed by atoms with E-state index in [0.717, 1.165) is 19.3 Å². The fourth-order valence-corrected chi connectivity index (χ4v) is 4.14. The molecular weight excluding hydrogens is 458 g/mol. The molecule has 3 amide bonds. The summed E-state index contributed by atoms with van der Waals surface area (Å²) in [6, 6.07) is -2.35. The highest BCUT2D eigenvalue weighted by molar-refractivity contribution is 5.87. The Morgan fingerprint density at radius 2 is 1.57 bits per heavy atom. The summed E-state index contributed by atoms with van der Waals surface area (Å²) in [6.45, 7) is 4.30. The van der Waals surface area contributed by atoms with Crippen molar-refractivity contribution < 1.29 is 39.2 Å². The Hall–Kier alpha value is -1.79. The van der Waals surface area contributed by atoms with Gasteiger partial charge in [0.05, 0.1) is 12.7 Å². The summed E-state index contributed by atoms with van der Waals surface area (Å²) >= 11 is 0. The maximum atomic E-state index is 12.4. The van der Waals surface area contributed by atoms with E-state index >= 15 is 0 Å². The molecule has 0 bridgehead atoms. The lowest BCUT2D eigenvalue weighted by molar-refractivity contribution is -0.281. The van der Waals surface area contributed by atoms with E-state index in [0.29, 0.717) is 6.42 Å². The Morgan fingerprint density at radius 1 is 1.00 bits per heavy atom. The molecule has 0 aromatic carbocycles. The van der Waals surface area contributed by atoms with Crippen molar-refractivity contribution >= 4 is 17.7 Å². The van der Waals surface area contributed by atoms with Crippen LogP contribution < -0.4 is 16.4 Å². The van der Waals surface area contributed by atoms with E-state index in [2.05, 4.69) is 17.6 Å². The van der Waals surface area contributed by atoms with Crippen LogP contribution in [0.25, 0.3) is 0 Å². The number of amides is 3. The second-order valence-corrected chi connectivity index (χ2v) is 9.30. The molecule has 11 nitrogen and oxygen atoms in total. The van der Waals surface area contributed by atoms with Gasteiger partial charge in [-0.1, -0.05) is 58.3 Å². The number of ether oxygens (including phenoxy) is 2. The van der Waals surface area contributed by atoms with Crippen LogP contribution in [0.1, 0.15) is 85.0 Å². The number of aliphatic hydroxyl groups excluding tert-OH is 3. The molecule has 7 N–H and O–H groups in total. The van der Waals surface area contributed by atoms with Crippen LogP contribution in [-0.4, -0.2) is 82.4 Å². The highest BCUT2D eigenvalue weighted by Crippen LogP contribution is 2.24. The Kier molecular flexibility index (Phi) is 15.0. The first-order valence-corrected chi connectivity index (χ1v) is 12.8. The Balaban J connectivity index is 2.58. The van der Waals surface area contributed by atoms with Gasteiger partial charge in [-0.2, -0.15) is 0 Å². The minimum atomic E-state index is -1.49. The molecule has 0 aromatic rings. The van der Waals surface area contributed by atoms with E-state index in [1.807, 2.05) is 0 Å². The molecule has 1 rings (SSSR count). The minimum Gasteiger partial charge on any atom is -0.394 e. The fourth-order valence-electron chi connectivity index (χ4n) is 4.14. The van der Waals surface area contributed by atoms with Crippen LogP contribution in [-0.2, 0) is 23.9 Å². The van der Waals surface area contributed by atoms with E-state index in [9.17, 15) is 29.7 Å². The molecule has 1 saturated heterocycles. The van der Waals surface area contributed by atoms with Crippen molar-refractivity contribution in [3.63, 3.8) is 0 Å². The zero-order chi connectivity index (χ0) is 26.4. The van der Waals surface area contributed by atoms with Crippen LogP contribution in [0.5, 0.6) is 0 Å². The van der Waals surface area contributed by atoms with Crippen molar-refractivity contribution in [2.24, 2.45) is 5.73 Å². The quantitative estimate of drug-likeness (QED) is 0.153.